The summed E-state index contributed by atoms with van der Waals surface area (Å²) in [6.07, 6.45) is 0. The number of aromatic nitrogens is 2. The van der Waals surface area contributed by atoms with Gasteiger partial charge >= 0.3 is 0 Å². The van der Waals surface area contributed by atoms with Gasteiger partial charge in [0.1, 0.15) is 6.07 Å². The lowest BCUT2D eigenvalue weighted by molar-refractivity contribution is 1.16. The minimum atomic E-state index is 0.568. The van der Waals surface area contributed by atoms with Crippen LogP contribution in [0.25, 0.3) is 66.1 Å². The van der Waals surface area contributed by atoms with Crippen molar-refractivity contribution in [1.82, 2.24) is 9.13 Å². The van der Waals surface area contributed by atoms with Crippen molar-refractivity contribution < 1.29 is 0 Å². The van der Waals surface area contributed by atoms with Crippen LogP contribution in [0.4, 0.5) is 0 Å². The lowest BCUT2D eigenvalue weighted by Gasteiger charge is -2.15. The number of nitrogens with zero attached hydrogens (tertiary/aromatic N) is 5. The maximum Gasteiger partial charge on any atom is 0.101 e. The molecule has 6 aromatic carbocycles. The highest BCUT2D eigenvalue weighted by molar-refractivity contribution is 6.19. The van der Waals surface area contributed by atoms with Gasteiger partial charge < -0.3 is 9.13 Å². The quantitative estimate of drug-likeness (QED) is 0.216. The number of para-hydroxylation sites is 4. The molecule has 0 amide bonds. The van der Waals surface area contributed by atoms with E-state index in [1.54, 1.807) is 6.07 Å². The largest absolute Gasteiger partial charge is 0.309 e. The summed E-state index contributed by atoms with van der Waals surface area (Å²) >= 11 is 0. The molecular formula is C39H21N5. The van der Waals surface area contributed by atoms with Gasteiger partial charge in [-0.05, 0) is 54.6 Å². The normalized spacial score (nSPS) is 11.1. The Labute approximate surface area is 252 Å². The summed E-state index contributed by atoms with van der Waals surface area (Å²) in [7, 11) is 0. The van der Waals surface area contributed by atoms with E-state index in [2.05, 4.69) is 75.9 Å². The van der Waals surface area contributed by atoms with Crippen molar-refractivity contribution in [2.24, 2.45) is 0 Å². The highest BCUT2D eigenvalue weighted by Crippen LogP contribution is 2.43. The topological polar surface area (TPSA) is 81.2 Å². The van der Waals surface area contributed by atoms with Crippen molar-refractivity contribution in [3.8, 4) is 40.7 Å². The van der Waals surface area contributed by atoms with Gasteiger partial charge in [0.05, 0.1) is 56.6 Å². The first-order valence-corrected chi connectivity index (χ1v) is 14.2. The molecule has 0 aliphatic rings. The van der Waals surface area contributed by atoms with Crippen LogP contribution < -0.4 is 0 Å². The SMILES string of the molecule is N#Cc1cccc(-n2c3ccc(C#N)cc3c3cccc(-c4cccc5c6ccccc6n(-c6ccccc6C#N)c45)c32)c1. The number of hydrogen-bond donors (Lipinski definition) is 0. The molecule has 0 atom stereocenters. The zero-order valence-corrected chi connectivity index (χ0v) is 23.4. The molecule has 44 heavy (non-hydrogen) atoms. The van der Waals surface area contributed by atoms with Crippen LogP contribution in [0.15, 0.2) is 127 Å². The van der Waals surface area contributed by atoms with Gasteiger partial charge in [-0.2, -0.15) is 15.8 Å². The zero-order valence-electron chi connectivity index (χ0n) is 23.4. The van der Waals surface area contributed by atoms with E-state index >= 15 is 0 Å². The summed E-state index contributed by atoms with van der Waals surface area (Å²) in [5.74, 6) is 0. The fourth-order valence-corrected chi connectivity index (χ4v) is 6.59. The van der Waals surface area contributed by atoms with Crippen LogP contribution in [0.1, 0.15) is 16.7 Å². The Balaban J connectivity index is 1.57. The Morgan fingerprint density at radius 2 is 1.05 bits per heavy atom. The molecule has 0 spiro atoms. The molecule has 5 heteroatoms. The summed E-state index contributed by atoms with van der Waals surface area (Å²) in [6, 6.07) is 49.0. The molecule has 0 N–H and O–H groups in total. The molecule has 0 aliphatic heterocycles. The molecular weight excluding hydrogens is 538 g/mol. The number of benzene rings is 6. The molecule has 0 bridgehead atoms. The molecule has 8 aromatic rings. The van der Waals surface area contributed by atoms with Crippen molar-refractivity contribution in [1.29, 1.82) is 15.8 Å². The Bertz CT molecular complexity index is 2600. The fourth-order valence-electron chi connectivity index (χ4n) is 6.59. The summed E-state index contributed by atoms with van der Waals surface area (Å²) in [4.78, 5) is 0. The first kappa shape index (κ1) is 25.1. The molecule has 0 radical (unpaired) electrons. The van der Waals surface area contributed by atoms with E-state index in [0.29, 0.717) is 16.7 Å². The molecule has 2 heterocycles. The lowest BCUT2D eigenvalue weighted by Crippen LogP contribution is -2.00. The predicted octanol–water partition coefficient (Wildman–Crippen LogP) is 9.16. The van der Waals surface area contributed by atoms with E-state index in [9.17, 15) is 15.8 Å². The van der Waals surface area contributed by atoms with E-state index < -0.39 is 0 Å². The van der Waals surface area contributed by atoms with Crippen molar-refractivity contribution in [2.45, 2.75) is 0 Å². The number of hydrogen-bond acceptors (Lipinski definition) is 3. The second-order valence-corrected chi connectivity index (χ2v) is 10.7. The summed E-state index contributed by atoms with van der Waals surface area (Å²) < 4.78 is 4.39. The molecule has 0 aliphatic carbocycles. The minimum absolute atomic E-state index is 0.568. The maximum atomic E-state index is 10.1. The molecule has 5 nitrogen and oxygen atoms in total. The van der Waals surface area contributed by atoms with Gasteiger partial charge in [-0.15, -0.1) is 0 Å². The summed E-state index contributed by atoms with van der Waals surface area (Å²) in [5, 5.41) is 33.7. The Morgan fingerprint density at radius 3 is 1.82 bits per heavy atom. The lowest BCUT2D eigenvalue weighted by atomic mass is 9.98. The Morgan fingerprint density at radius 1 is 0.432 bits per heavy atom. The van der Waals surface area contributed by atoms with Crippen molar-refractivity contribution in [3.63, 3.8) is 0 Å². The monoisotopic (exact) mass is 559 g/mol. The summed E-state index contributed by atoms with van der Waals surface area (Å²) in [5.41, 5.74) is 9.40. The van der Waals surface area contributed by atoms with E-state index in [1.807, 2.05) is 72.8 Å². The van der Waals surface area contributed by atoms with Gasteiger partial charge in [-0.1, -0.05) is 72.8 Å². The van der Waals surface area contributed by atoms with Gasteiger partial charge in [0.2, 0.25) is 0 Å². The average Bonchev–Trinajstić information content (AvgIpc) is 3.61. The predicted molar refractivity (Wildman–Crippen MR) is 175 cm³/mol. The second kappa shape index (κ2) is 9.74. The highest BCUT2D eigenvalue weighted by atomic mass is 15.0. The van der Waals surface area contributed by atoms with Crippen LogP contribution in [-0.4, -0.2) is 9.13 Å². The molecule has 0 saturated heterocycles. The third-order valence-electron chi connectivity index (χ3n) is 8.40. The number of rotatable bonds is 3. The molecule has 0 unspecified atom stereocenters. The van der Waals surface area contributed by atoms with Gasteiger partial charge in [0, 0.05) is 38.4 Å². The van der Waals surface area contributed by atoms with Crippen LogP contribution in [0.2, 0.25) is 0 Å². The highest BCUT2D eigenvalue weighted by Gasteiger charge is 2.22. The van der Waals surface area contributed by atoms with Gasteiger partial charge in [-0.25, -0.2) is 0 Å². The second-order valence-electron chi connectivity index (χ2n) is 10.7. The Hall–Kier alpha value is -6.61. The zero-order chi connectivity index (χ0) is 29.8. The first-order valence-electron chi connectivity index (χ1n) is 14.2. The molecule has 8 rings (SSSR count). The van der Waals surface area contributed by atoms with Crippen molar-refractivity contribution in [3.05, 3.63) is 144 Å². The van der Waals surface area contributed by atoms with Crippen molar-refractivity contribution in [2.75, 3.05) is 0 Å². The third-order valence-corrected chi connectivity index (χ3v) is 8.40. The number of fused-ring (bicyclic) bond motifs is 6. The van der Waals surface area contributed by atoms with Crippen LogP contribution in [0.3, 0.4) is 0 Å². The minimum Gasteiger partial charge on any atom is -0.309 e. The van der Waals surface area contributed by atoms with E-state index in [0.717, 1.165) is 66.1 Å². The summed E-state index contributed by atoms with van der Waals surface area (Å²) in [6.45, 7) is 0. The number of nitriles is 3. The van der Waals surface area contributed by atoms with Crippen LogP contribution >= 0.6 is 0 Å². The van der Waals surface area contributed by atoms with Crippen LogP contribution in [-0.2, 0) is 0 Å². The van der Waals surface area contributed by atoms with Crippen LogP contribution in [0.5, 0.6) is 0 Å². The van der Waals surface area contributed by atoms with Gasteiger partial charge in [0.15, 0.2) is 0 Å². The van der Waals surface area contributed by atoms with Crippen LogP contribution in [0, 0.1) is 34.0 Å². The molecule has 0 saturated carbocycles. The maximum absolute atomic E-state index is 10.1. The first-order chi connectivity index (χ1) is 21.7. The van der Waals surface area contributed by atoms with E-state index in [1.165, 1.54) is 0 Å². The average molecular weight is 560 g/mol. The fraction of sp³-hybridized carbons (Fsp3) is 0. The molecule has 0 fully saturated rings. The van der Waals surface area contributed by atoms with E-state index in [4.69, 9.17) is 0 Å². The van der Waals surface area contributed by atoms with E-state index in [-0.39, 0.29) is 0 Å². The van der Waals surface area contributed by atoms with Gasteiger partial charge in [0.25, 0.3) is 0 Å². The van der Waals surface area contributed by atoms with Crippen molar-refractivity contribution >= 4 is 43.6 Å². The molecule has 2 aromatic heterocycles. The smallest absolute Gasteiger partial charge is 0.101 e. The Kier molecular flexibility index (Phi) is 5.56. The standard InChI is InChI=1S/C39H21N5/c40-22-25-8-5-10-28(20-25)43-37-19-18-26(23-41)21-34(37)33-15-7-13-31(38(33)43)32-14-6-12-30-29-11-2-4-17-36(29)44(39(30)32)35-16-3-1-9-27(35)24-42/h1-21H. The van der Waals surface area contributed by atoms with Gasteiger partial charge in [-0.3, -0.25) is 0 Å². The molecule has 202 valence electrons. The third kappa shape index (κ3) is 3.56.